The van der Waals surface area contributed by atoms with Gasteiger partial charge in [0.25, 0.3) is 0 Å². The molecular formula is C11H11N5. The van der Waals surface area contributed by atoms with E-state index in [4.69, 9.17) is 0 Å². The molecule has 0 bridgehead atoms. The molecule has 0 aliphatic heterocycles. The van der Waals surface area contributed by atoms with Crippen molar-refractivity contribution in [2.24, 2.45) is 0 Å². The molecule has 0 amide bonds. The molecule has 1 aromatic carbocycles. The van der Waals surface area contributed by atoms with E-state index in [1.54, 1.807) is 11.0 Å². The number of benzene rings is 1. The number of rotatable bonds is 3. The standard InChI is InChI=1S/C11H11N5/c1-2-5-11-10(4-1)13-16(14-11)9-8-15-7-3-6-12-15/h1-7H,8-9H2. The number of hydrogen-bond acceptors (Lipinski definition) is 3. The van der Waals surface area contributed by atoms with Gasteiger partial charge < -0.3 is 0 Å². The van der Waals surface area contributed by atoms with Crippen LogP contribution in [-0.2, 0) is 13.1 Å². The first kappa shape index (κ1) is 9.08. The minimum absolute atomic E-state index is 0.732. The normalized spacial score (nSPS) is 11.0. The molecule has 3 aromatic rings. The van der Waals surface area contributed by atoms with Gasteiger partial charge in [0.05, 0.1) is 13.1 Å². The quantitative estimate of drug-likeness (QED) is 0.659. The second kappa shape index (κ2) is 3.77. The zero-order chi connectivity index (χ0) is 10.8. The molecule has 2 heterocycles. The summed E-state index contributed by atoms with van der Waals surface area (Å²) in [6, 6.07) is 9.77. The number of aryl methyl sites for hydroxylation is 2. The van der Waals surface area contributed by atoms with Crippen molar-refractivity contribution in [3.8, 4) is 0 Å². The summed E-state index contributed by atoms with van der Waals surface area (Å²) < 4.78 is 1.87. The summed E-state index contributed by atoms with van der Waals surface area (Å²) in [7, 11) is 0. The molecule has 0 aliphatic rings. The Morgan fingerprint density at radius 1 is 0.938 bits per heavy atom. The van der Waals surface area contributed by atoms with E-state index in [-0.39, 0.29) is 0 Å². The molecule has 5 nitrogen and oxygen atoms in total. The van der Waals surface area contributed by atoms with E-state index >= 15 is 0 Å². The topological polar surface area (TPSA) is 48.5 Å². The van der Waals surface area contributed by atoms with E-state index in [0.29, 0.717) is 0 Å². The van der Waals surface area contributed by atoms with Gasteiger partial charge in [0.1, 0.15) is 11.0 Å². The fourth-order valence-electron chi connectivity index (χ4n) is 1.63. The summed E-state index contributed by atoms with van der Waals surface area (Å²) in [5.41, 5.74) is 1.87. The average molecular weight is 213 g/mol. The van der Waals surface area contributed by atoms with Crippen molar-refractivity contribution in [3.05, 3.63) is 42.7 Å². The minimum atomic E-state index is 0.732. The highest BCUT2D eigenvalue weighted by Crippen LogP contribution is 2.06. The molecule has 3 rings (SSSR count). The van der Waals surface area contributed by atoms with Gasteiger partial charge in [-0.3, -0.25) is 4.68 Å². The highest BCUT2D eigenvalue weighted by Gasteiger charge is 2.00. The van der Waals surface area contributed by atoms with Crippen LogP contribution in [0.1, 0.15) is 0 Å². The molecule has 5 heteroatoms. The third kappa shape index (κ3) is 1.67. The maximum Gasteiger partial charge on any atom is 0.113 e. The molecule has 0 aliphatic carbocycles. The maximum absolute atomic E-state index is 4.38. The monoisotopic (exact) mass is 213 g/mol. The van der Waals surface area contributed by atoms with Gasteiger partial charge in [0.2, 0.25) is 0 Å². The Labute approximate surface area is 92.3 Å². The van der Waals surface area contributed by atoms with Crippen molar-refractivity contribution >= 4 is 11.0 Å². The van der Waals surface area contributed by atoms with E-state index in [0.717, 1.165) is 24.1 Å². The van der Waals surface area contributed by atoms with E-state index in [9.17, 15) is 0 Å². The second-order valence-corrected chi connectivity index (χ2v) is 3.55. The van der Waals surface area contributed by atoms with Crippen molar-refractivity contribution in [1.82, 2.24) is 24.8 Å². The number of aromatic nitrogens is 5. The Kier molecular flexibility index (Phi) is 2.14. The van der Waals surface area contributed by atoms with Crippen molar-refractivity contribution in [1.29, 1.82) is 0 Å². The molecule has 0 fully saturated rings. The third-order valence-electron chi connectivity index (χ3n) is 2.42. The Hall–Kier alpha value is -2.17. The van der Waals surface area contributed by atoms with Crippen LogP contribution in [0.2, 0.25) is 0 Å². The fourth-order valence-corrected chi connectivity index (χ4v) is 1.63. The number of fused-ring (bicyclic) bond motifs is 1. The predicted octanol–water partition coefficient (Wildman–Crippen LogP) is 1.33. The predicted molar refractivity (Wildman–Crippen MR) is 59.8 cm³/mol. The fraction of sp³-hybridized carbons (Fsp3) is 0.182. The average Bonchev–Trinajstić information content (AvgIpc) is 2.95. The van der Waals surface area contributed by atoms with E-state index in [1.165, 1.54) is 0 Å². The molecule has 0 radical (unpaired) electrons. The van der Waals surface area contributed by atoms with Crippen molar-refractivity contribution in [3.63, 3.8) is 0 Å². The largest absolute Gasteiger partial charge is 0.271 e. The second-order valence-electron chi connectivity index (χ2n) is 3.55. The van der Waals surface area contributed by atoms with Crippen LogP contribution in [0.15, 0.2) is 42.7 Å². The molecule has 0 N–H and O–H groups in total. The molecule has 0 unspecified atom stereocenters. The zero-order valence-electron chi connectivity index (χ0n) is 8.69. The number of nitrogens with zero attached hydrogens (tertiary/aromatic N) is 5. The molecule has 2 aromatic heterocycles. The van der Waals surface area contributed by atoms with Crippen LogP contribution in [0.4, 0.5) is 0 Å². The first-order valence-electron chi connectivity index (χ1n) is 5.19. The van der Waals surface area contributed by atoms with E-state index in [2.05, 4.69) is 15.3 Å². The van der Waals surface area contributed by atoms with Gasteiger partial charge in [0, 0.05) is 12.4 Å². The molecule has 0 spiro atoms. The van der Waals surface area contributed by atoms with Gasteiger partial charge in [0.15, 0.2) is 0 Å². The number of hydrogen-bond donors (Lipinski definition) is 0. The van der Waals surface area contributed by atoms with Crippen LogP contribution in [-0.4, -0.2) is 24.8 Å². The summed E-state index contributed by atoms with van der Waals surface area (Å²) in [5, 5.41) is 12.9. The van der Waals surface area contributed by atoms with Crippen LogP contribution in [0, 0.1) is 0 Å². The van der Waals surface area contributed by atoms with Crippen LogP contribution in [0.5, 0.6) is 0 Å². The lowest BCUT2D eigenvalue weighted by Crippen LogP contribution is -2.10. The van der Waals surface area contributed by atoms with Crippen LogP contribution in [0.25, 0.3) is 11.0 Å². The Morgan fingerprint density at radius 2 is 1.69 bits per heavy atom. The summed E-state index contributed by atoms with van der Waals surface area (Å²) in [4.78, 5) is 1.71. The Morgan fingerprint density at radius 3 is 2.31 bits per heavy atom. The highest BCUT2D eigenvalue weighted by atomic mass is 15.5. The summed E-state index contributed by atoms with van der Waals surface area (Å²) in [6.07, 6.45) is 3.70. The van der Waals surface area contributed by atoms with Gasteiger partial charge in [-0.15, -0.1) is 0 Å². The molecule has 0 saturated carbocycles. The Bertz CT molecular complexity index is 548. The van der Waals surface area contributed by atoms with E-state index in [1.807, 2.05) is 41.2 Å². The first-order chi connectivity index (χ1) is 7.92. The smallest absolute Gasteiger partial charge is 0.113 e. The van der Waals surface area contributed by atoms with Gasteiger partial charge in [-0.2, -0.15) is 20.1 Å². The van der Waals surface area contributed by atoms with Crippen molar-refractivity contribution < 1.29 is 0 Å². The lowest BCUT2D eigenvalue weighted by molar-refractivity contribution is 0.462. The summed E-state index contributed by atoms with van der Waals surface area (Å²) >= 11 is 0. The molecule has 0 saturated heterocycles. The van der Waals surface area contributed by atoms with Crippen molar-refractivity contribution in [2.75, 3.05) is 0 Å². The molecule has 80 valence electrons. The summed E-state index contributed by atoms with van der Waals surface area (Å²) in [5.74, 6) is 0. The van der Waals surface area contributed by atoms with Crippen LogP contribution < -0.4 is 0 Å². The highest BCUT2D eigenvalue weighted by molar-refractivity contribution is 5.72. The SMILES string of the molecule is c1ccc2nn(CCn3cccn3)nc2c1. The van der Waals surface area contributed by atoms with Crippen LogP contribution in [0.3, 0.4) is 0 Å². The van der Waals surface area contributed by atoms with Gasteiger partial charge in [-0.25, -0.2) is 0 Å². The molecule has 16 heavy (non-hydrogen) atoms. The van der Waals surface area contributed by atoms with Crippen LogP contribution >= 0.6 is 0 Å². The zero-order valence-corrected chi connectivity index (χ0v) is 8.69. The van der Waals surface area contributed by atoms with Crippen molar-refractivity contribution in [2.45, 2.75) is 13.1 Å². The minimum Gasteiger partial charge on any atom is -0.271 e. The lowest BCUT2D eigenvalue weighted by Gasteiger charge is -1.99. The van der Waals surface area contributed by atoms with Gasteiger partial charge in [-0.1, -0.05) is 12.1 Å². The third-order valence-corrected chi connectivity index (χ3v) is 2.42. The lowest BCUT2D eigenvalue weighted by atomic mass is 10.3. The molecular weight excluding hydrogens is 202 g/mol. The first-order valence-corrected chi connectivity index (χ1v) is 5.19. The Balaban J connectivity index is 1.79. The summed E-state index contributed by atoms with van der Waals surface area (Å²) in [6.45, 7) is 1.52. The van der Waals surface area contributed by atoms with E-state index < -0.39 is 0 Å². The maximum atomic E-state index is 4.38. The molecule has 0 atom stereocenters. The van der Waals surface area contributed by atoms with Gasteiger partial charge >= 0.3 is 0 Å². The van der Waals surface area contributed by atoms with Gasteiger partial charge in [-0.05, 0) is 18.2 Å².